The van der Waals surface area contributed by atoms with Gasteiger partial charge >= 0.3 is 0 Å². The molecule has 0 saturated carbocycles. The number of benzene rings is 14. The van der Waals surface area contributed by atoms with Crippen molar-refractivity contribution in [2.24, 2.45) is 0 Å². The average molecular weight is 2480 g/mol. The number of hydrogen-bond acceptors (Lipinski definition) is 9. The Morgan fingerprint density at radius 2 is 0.870 bits per heavy atom. The first-order valence-corrected chi connectivity index (χ1v) is 48.2. The normalized spacial score (nSPS) is 11.8. The van der Waals surface area contributed by atoms with Gasteiger partial charge in [-0.25, -0.2) is 22.7 Å². The Kier molecular flexibility index (Phi) is 41.5. The third-order valence-corrected chi connectivity index (χ3v) is 27.6. The maximum Gasteiger partial charge on any atom is 0.189 e. The first-order valence-electron chi connectivity index (χ1n) is 42.4. The summed E-state index contributed by atoms with van der Waals surface area (Å²) in [6, 6.07) is 124. The Morgan fingerprint density at radius 1 is 0.458 bits per heavy atom. The van der Waals surface area contributed by atoms with Gasteiger partial charge in [-0.3, -0.25) is 9.78 Å². The van der Waals surface area contributed by atoms with Crippen LogP contribution in [0.5, 0.6) is 0 Å². The summed E-state index contributed by atoms with van der Waals surface area (Å²) in [5.41, 5.74) is 13.7. The smallest absolute Gasteiger partial charge is 0.189 e. The SMILES string of the molecule is Br.Brc1c2ccccc2c(Br)c2ccccc12.C.CCCCCCCCC1(CC(O)CC(C)O)c2ccccc2-c2ccccc21.ClCc1c2ccccc2c(CCl)c2ccccc12.O=C(C=C(O)c1ccc(Br)cc1)c1ccc(Br)cc1.[Ir].[Ir].[c-]1c(-c2ccccn2)sc2ccccc12.[c-]1c(-c2ccccn2)sc2ccccc12.[c-]1ccccc1-c1ccc2ccccc2n1. The van der Waals surface area contributed by atoms with Crippen molar-refractivity contribution < 1.29 is 60.3 Å². The van der Waals surface area contributed by atoms with Crippen LogP contribution in [0.1, 0.15) is 117 Å². The number of carbonyl (C=O) groups is 1. The quantitative estimate of drug-likeness (QED) is 0.0140. The van der Waals surface area contributed by atoms with E-state index >= 15 is 0 Å². The van der Waals surface area contributed by atoms with E-state index in [4.69, 9.17) is 23.2 Å². The standard InChI is InChI=1S/C26H36O2.C16H12Cl2.C15H10Br2O2.C15H10N.C14H8Br2.2C13H8NS.CH4.BrH.2Ir/c1-3-4-5-6-7-12-17-26(19-21(28)18-20(2)27)24-15-10-8-13-22(24)23-14-9-11-16-25(23)26;17-9-15-11-5-1-2-6-12(11)16(10-18)14-8-4-3-7-13(14)15;16-12-5-1-10(2-6-12)14(18)9-15(19)11-3-7-13(17)8-4-11;1-2-6-12(7-3-1)15-11-10-13-8-4-5-9-14(13)16-15;15-13-9-5-1-2-6-10(9)14(16)12-8-4-3-7-11(12)13;2*1-2-7-12-10(5-1)9-13(15-12)11-6-3-4-8-14-11;;;;/h8-11,13-16,20-21,27-28H,3-7,12,17-19H2,1-2H3;1-8H,9-10H2;1-9,18H;1-6,8-11H;1-8H;2*1-8H;1H4;1H;;/q;;;-1;;2*-1;;;;. The fourth-order valence-corrected chi connectivity index (χ4v) is 20.5. The van der Waals surface area contributed by atoms with Gasteiger partial charge in [-0.15, -0.1) is 123 Å². The molecule has 14 aromatic carbocycles. The van der Waals surface area contributed by atoms with Crippen LogP contribution in [0.15, 0.2) is 376 Å². The van der Waals surface area contributed by atoms with Crippen molar-refractivity contribution in [1.82, 2.24) is 15.0 Å². The number of aliphatic hydroxyl groups excluding tert-OH is 3. The molecule has 18 heteroatoms. The Labute approximate surface area is 858 Å². The maximum absolute atomic E-state index is 11.9. The van der Waals surface area contributed by atoms with Crippen LogP contribution in [0.4, 0.5) is 0 Å². The van der Waals surface area contributed by atoms with E-state index in [-0.39, 0.29) is 81.6 Å². The second kappa shape index (κ2) is 52.1. The summed E-state index contributed by atoms with van der Waals surface area (Å²) < 4.78 is 6.69. The summed E-state index contributed by atoms with van der Waals surface area (Å²) in [5, 5.41) is 43.9. The molecule has 670 valence electrons. The molecule has 0 aliphatic heterocycles. The molecule has 0 fully saturated rings. The zero-order chi connectivity index (χ0) is 88.4. The fourth-order valence-electron chi connectivity index (χ4n) is 16.1. The largest absolute Gasteiger partial charge is 0.507 e. The Hall–Kier alpha value is -8.84. The number of nitrogens with zero attached hydrogens (tertiary/aromatic N) is 3. The number of halogens is 7. The number of allylic oxidation sites excluding steroid dienone is 1. The second-order valence-corrected chi connectivity index (χ2v) is 36.8. The fraction of sp³-hybridized carbons (Fsp3) is 0.150. The van der Waals surface area contributed by atoms with E-state index in [2.05, 4.69) is 274 Å². The summed E-state index contributed by atoms with van der Waals surface area (Å²) in [6.07, 6.45) is 13.7. The Bertz CT molecular complexity index is 6460. The van der Waals surface area contributed by atoms with Crippen molar-refractivity contribution >= 4 is 212 Å². The van der Waals surface area contributed by atoms with Gasteiger partial charge in [0.25, 0.3) is 0 Å². The molecule has 2 radical (unpaired) electrons. The second-order valence-electron chi connectivity index (χ2n) is 30.8. The van der Waals surface area contributed by atoms with Crippen molar-refractivity contribution in [1.29, 1.82) is 0 Å². The van der Waals surface area contributed by atoms with Crippen molar-refractivity contribution in [3.63, 3.8) is 0 Å². The van der Waals surface area contributed by atoms with Crippen LogP contribution in [0, 0.1) is 18.2 Å². The molecule has 0 spiro atoms. The van der Waals surface area contributed by atoms with Gasteiger partial charge in [-0.1, -0.05) is 321 Å². The summed E-state index contributed by atoms with van der Waals surface area (Å²) in [7, 11) is 0. The number of thiophene rings is 2. The molecule has 3 N–H and O–H groups in total. The molecule has 1 aliphatic carbocycles. The first kappa shape index (κ1) is 104. The monoisotopic (exact) mass is 2470 g/mol. The van der Waals surface area contributed by atoms with E-state index in [1.54, 1.807) is 66.0 Å². The van der Waals surface area contributed by atoms with E-state index < -0.39 is 12.2 Å². The third-order valence-electron chi connectivity index (χ3n) is 22.2. The number of unbranched alkanes of at least 4 members (excludes halogenated alkanes) is 5. The molecule has 0 amide bonds. The van der Waals surface area contributed by atoms with Crippen molar-refractivity contribution in [3.05, 3.63) is 428 Å². The molecule has 1 aliphatic rings. The van der Waals surface area contributed by atoms with Crippen LogP contribution < -0.4 is 0 Å². The van der Waals surface area contributed by atoms with Crippen molar-refractivity contribution in [2.45, 2.75) is 108 Å². The minimum atomic E-state index is -0.501. The van der Waals surface area contributed by atoms with E-state index in [1.165, 1.54) is 156 Å². The molecule has 7 nitrogen and oxygen atoms in total. The van der Waals surface area contributed by atoms with E-state index in [0.29, 0.717) is 35.7 Å². The summed E-state index contributed by atoms with van der Waals surface area (Å²) in [5.74, 6) is 0.765. The van der Waals surface area contributed by atoms with Gasteiger partial charge in [0, 0.05) is 116 Å². The molecule has 19 aromatic rings. The maximum atomic E-state index is 11.9. The summed E-state index contributed by atoms with van der Waals surface area (Å²) >= 11 is 29.8. The molecular weight excluding hydrogens is 2380 g/mol. The first-order chi connectivity index (χ1) is 62.1. The molecule has 20 rings (SSSR count). The number of fused-ring (bicyclic) bond motifs is 10. The predicted molar refractivity (Wildman–Crippen MR) is 569 cm³/mol. The van der Waals surface area contributed by atoms with Crippen LogP contribution in [-0.2, 0) is 57.4 Å². The number of hydrogen-bond donors (Lipinski definition) is 3. The number of rotatable bonds is 19. The Morgan fingerprint density at radius 3 is 1.31 bits per heavy atom. The van der Waals surface area contributed by atoms with E-state index in [0.717, 1.165) is 53.3 Å². The molecule has 131 heavy (non-hydrogen) atoms. The van der Waals surface area contributed by atoms with Gasteiger partial charge in [0.15, 0.2) is 5.78 Å². The molecule has 0 bridgehead atoms. The van der Waals surface area contributed by atoms with Gasteiger partial charge in [-0.05, 0) is 219 Å². The number of alkyl halides is 2. The van der Waals surface area contributed by atoms with Crippen LogP contribution in [0.3, 0.4) is 0 Å². The molecule has 5 heterocycles. The molecule has 2 atom stereocenters. The molecular formula is C113H97Br5Cl2Ir2N3O4S2-3. The van der Waals surface area contributed by atoms with Crippen molar-refractivity contribution in [3.8, 4) is 43.5 Å². The van der Waals surface area contributed by atoms with Gasteiger partial charge in [0.05, 0.1) is 17.7 Å². The van der Waals surface area contributed by atoms with E-state index in [9.17, 15) is 20.1 Å². The minimum Gasteiger partial charge on any atom is -0.507 e. The number of ketones is 1. The number of aromatic nitrogens is 3. The van der Waals surface area contributed by atoms with Crippen LogP contribution in [-0.4, -0.2) is 48.3 Å². The van der Waals surface area contributed by atoms with Gasteiger partial charge in [0.2, 0.25) is 0 Å². The van der Waals surface area contributed by atoms with E-state index in [1.807, 2.05) is 146 Å². The van der Waals surface area contributed by atoms with Crippen LogP contribution in [0.2, 0.25) is 0 Å². The van der Waals surface area contributed by atoms with Crippen LogP contribution in [0.25, 0.3) is 123 Å². The van der Waals surface area contributed by atoms with Gasteiger partial charge < -0.3 is 25.3 Å². The summed E-state index contributed by atoms with van der Waals surface area (Å²) in [4.78, 5) is 27.4. The van der Waals surface area contributed by atoms with Gasteiger partial charge in [0.1, 0.15) is 5.76 Å². The molecule has 2 unspecified atom stereocenters. The Balaban J connectivity index is 0.000000159. The third kappa shape index (κ3) is 26.8. The molecule has 5 aromatic heterocycles. The average Bonchev–Trinajstić information content (AvgIpc) is 1.59. The van der Waals surface area contributed by atoms with Crippen molar-refractivity contribution in [2.75, 3.05) is 0 Å². The summed E-state index contributed by atoms with van der Waals surface area (Å²) in [6.45, 7) is 4.02. The molecule has 0 saturated heterocycles. The zero-order valence-electron chi connectivity index (χ0n) is 71.2. The number of carbonyl (C=O) groups excluding carboxylic acids is 1. The van der Waals surface area contributed by atoms with Gasteiger partial charge in [-0.2, -0.15) is 0 Å². The zero-order valence-corrected chi connectivity index (χ0v) is 87.2. The van der Waals surface area contributed by atoms with Crippen LogP contribution >= 0.6 is 127 Å². The number of pyridine rings is 3. The topological polar surface area (TPSA) is 116 Å². The number of para-hydroxylation sites is 1. The predicted octanol–water partition coefficient (Wildman–Crippen LogP) is 34.6. The minimum absolute atomic E-state index is 0. The number of aliphatic hydroxyl groups is 3.